The van der Waals surface area contributed by atoms with Crippen molar-refractivity contribution in [3.05, 3.63) is 77.9 Å². The molecular weight excluding hydrogens is 418 g/mol. The monoisotopic (exact) mass is 441 g/mol. The lowest BCUT2D eigenvalue weighted by Gasteiger charge is -2.19. The zero-order valence-electron chi connectivity index (χ0n) is 17.0. The minimum Gasteiger partial charge on any atom is -0.493 e. The maximum atomic E-state index is 12.7. The highest BCUT2D eigenvalue weighted by Crippen LogP contribution is 2.32. The number of nitrogens with one attached hydrogen (secondary N) is 1. The fourth-order valence-corrected chi connectivity index (χ4v) is 4.16. The molecule has 31 heavy (non-hydrogen) atoms. The summed E-state index contributed by atoms with van der Waals surface area (Å²) in [5, 5.41) is 0. The van der Waals surface area contributed by atoms with Crippen LogP contribution >= 0.6 is 0 Å². The van der Waals surface area contributed by atoms with Crippen LogP contribution < -0.4 is 23.7 Å². The molecule has 0 saturated heterocycles. The molecule has 4 rings (SSSR count). The van der Waals surface area contributed by atoms with Crippen LogP contribution in [0.1, 0.15) is 11.1 Å². The molecule has 1 aliphatic rings. The predicted molar refractivity (Wildman–Crippen MR) is 115 cm³/mol. The first kappa shape index (κ1) is 21.0. The molecular formula is C23H23NO6S. The largest absolute Gasteiger partial charge is 0.493 e. The maximum absolute atomic E-state index is 12.7. The van der Waals surface area contributed by atoms with Gasteiger partial charge in [-0.15, -0.1) is 0 Å². The van der Waals surface area contributed by atoms with Crippen LogP contribution in [0.2, 0.25) is 0 Å². The van der Waals surface area contributed by atoms with Gasteiger partial charge in [0.1, 0.15) is 19.8 Å². The van der Waals surface area contributed by atoms with Gasteiger partial charge in [-0.05, 0) is 35.4 Å². The summed E-state index contributed by atoms with van der Waals surface area (Å²) in [6.07, 6.45) is 0. The third-order valence-electron chi connectivity index (χ3n) is 4.76. The number of fused-ring (bicyclic) bond motifs is 1. The average Bonchev–Trinajstić information content (AvgIpc) is 2.82. The molecule has 0 bridgehead atoms. The summed E-state index contributed by atoms with van der Waals surface area (Å²) < 4.78 is 50.2. The number of ether oxygens (including phenoxy) is 4. The van der Waals surface area contributed by atoms with Crippen LogP contribution in [0.5, 0.6) is 23.0 Å². The lowest BCUT2D eigenvalue weighted by molar-refractivity contribution is 0.171. The Hall–Kier alpha value is -3.23. The molecule has 0 spiro atoms. The van der Waals surface area contributed by atoms with Crippen LogP contribution in [0.25, 0.3) is 0 Å². The Morgan fingerprint density at radius 3 is 2.42 bits per heavy atom. The van der Waals surface area contributed by atoms with E-state index in [1.54, 1.807) is 31.4 Å². The number of benzene rings is 3. The maximum Gasteiger partial charge on any atom is 0.241 e. The lowest BCUT2D eigenvalue weighted by Crippen LogP contribution is -2.24. The fraction of sp³-hybridized carbons (Fsp3) is 0.217. The first-order valence-corrected chi connectivity index (χ1v) is 11.3. The molecule has 0 amide bonds. The van der Waals surface area contributed by atoms with Crippen molar-refractivity contribution in [2.75, 3.05) is 20.3 Å². The summed E-state index contributed by atoms with van der Waals surface area (Å²) in [5.74, 6) is 2.09. The molecule has 7 nitrogen and oxygen atoms in total. The van der Waals surface area contributed by atoms with Gasteiger partial charge >= 0.3 is 0 Å². The van der Waals surface area contributed by atoms with Gasteiger partial charge in [-0.3, -0.25) is 0 Å². The second kappa shape index (κ2) is 9.28. The van der Waals surface area contributed by atoms with E-state index in [9.17, 15) is 8.42 Å². The Morgan fingerprint density at radius 1 is 0.871 bits per heavy atom. The Labute approximate surface area is 181 Å². The Bertz CT molecular complexity index is 1150. The van der Waals surface area contributed by atoms with Crippen LogP contribution in [-0.2, 0) is 23.2 Å². The smallest absolute Gasteiger partial charge is 0.241 e. The van der Waals surface area contributed by atoms with E-state index in [0.29, 0.717) is 42.8 Å². The summed E-state index contributed by atoms with van der Waals surface area (Å²) in [5.41, 5.74) is 1.78. The fourth-order valence-electron chi connectivity index (χ4n) is 3.13. The van der Waals surface area contributed by atoms with Crippen molar-refractivity contribution < 1.29 is 27.4 Å². The molecule has 0 aliphatic carbocycles. The van der Waals surface area contributed by atoms with Crippen molar-refractivity contribution in [2.45, 2.75) is 18.0 Å². The van der Waals surface area contributed by atoms with E-state index in [-0.39, 0.29) is 11.4 Å². The summed E-state index contributed by atoms with van der Waals surface area (Å²) in [7, 11) is -2.18. The van der Waals surface area contributed by atoms with Crippen molar-refractivity contribution >= 4 is 10.0 Å². The minimum atomic E-state index is -3.73. The SMILES string of the molecule is COc1cc(CNS(=O)(=O)c2ccc3c(c2)OCCO3)ccc1OCc1ccccc1. The molecule has 8 heteroatoms. The molecule has 3 aromatic carbocycles. The third-order valence-corrected chi connectivity index (χ3v) is 6.15. The van der Waals surface area contributed by atoms with E-state index < -0.39 is 10.0 Å². The van der Waals surface area contributed by atoms with Crippen LogP contribution in [0, 0.1) is 0 Å². The first-order valence-electron chi connectivity index (χ1n) is 9.78. The number of hydrogen-bond donors (Lipinski definition) is 1. The van der Waals surface area contributed by atoms with Gasteiger partial charge < -0.3 is 18.9 Å². The van der Waals surface area contributed by atoms with Crippen LogP contribution in [0.15, 0.2) is 71.6 Å². The van der Waals surface area contributed by atoms with Crippen LogP contribution in [0.4, 0.5) is 0 Å². The van der Waals surface area contributed by atoms with E-state index in [0.717, 1.165) is 11.1 Å². The quantitative estimate of drug-likeness (QED) is 0.576. The van der Waals surface area contributed by atoms with Gasteiger partial charge in [0.15, 0.2) is 23.0 Å². The normalized spacial score (nSPS) is 12.9. The van der Waals surface area contributed by atoms with Gasteiger partial charge in [-0.25, -0.2) is 13.1 Å². The predicted octanol–water partition coefficient (Wildman–Crippen LogP) is 3.52. The van der Waals surface area contributed by atoms with Gasteiger partial charge in [-0.2, -0.15) is 0 Å². The molecule has 0 unspecified atom stereocenters. The van der Waals surface area contributed by atoms with Gasteiger partial charge in [0, 0.05) is 12.6 Å². The second-order valence-electron chi connectivity index (χ2n) is 6.89. The number of hydrogen-bond acceptors (Lipinski definition) is 6. The summed E-state index contributed by atoms with van der Waals surface area (Å²) in [4.78, 5) is 0.117. The number of sulfonamides is 1. The third kappa shape index (κ3) is 5.10. The summed E-state index contributed by atoms with van der Waals surface area (Å²) >= 11 is 0. The van der Waals surface area contributed by atoms with Gasteiger partial charge in [0.25, 0.3) is 0 Å². The van der Waals surface area contributed by atoms with E-state index in [1.807, 2.05) is 30.3 Å². The Balaban J connectivity index is 1.43. The van der Waals surface area contributed by atoms with E-state index in [2.05, 4.69) is 4.72 Å². The highest BCUT2D eigenvalue weighted by Gasteiger charge is 2.19. The van der Waals surface area contributed by atoms with Crippen LogP contribution in [-0.4, -0.2) is 28.7 Å². The molecule has 1 heterocycles. The Morgan fingerprint density at radius 2 is 1.65 bits per heavy atom. The molecule has 0 saturated carbocycles. The summed E-state index contributed by atoms with van der Waals surface area (Å²) in [6.45, 7) is 1.35. The molecule has 162 valence electrons. The Kier molecular flexibility index (Phi) is 6.29. The van der Waals surface area contributed by atoms with Gasteiger partial charge in [-0.1, -0.05) is 36.4 Å². The first-order chi connectivity index (χ1) is 15.0. The van der Waals surface area contributed by atoms with E-state index in [1.165, 1.54) is 12.1 Å². The highest BCUT2D eigenvalue weighted by molar-refractivity contribution is 7.89. The van der Waals surface area contributed by atoms with Crippen molar-refractivity contribution in [1.29, 1.82) is 0 Å². The second-order valence-corrected chi connectivity index (χ2v) is 8.66. The molecule has 3 aromatic rings. The van der Waals surface area contributed by atoms with Gasteiger partial charge in [0.05, 0.1) is 12.0 Å². The van der Waals surface area contributed by atoms with E-state index in [4.69, 9.17) is 18.9 Å². The van der Waals surface area contributed by atoms with Gasteiger partial charge in [0.2, 0.25) is 10.0 Å². The zero-order valence-corrected chi connectivity index (χ0v) is 17.9. The zero-order chi connectivity index (χ0) is 21.7. The lowest BCUT2D eigenvalue weighted by atomic mass is 10.2. The van der Waals surface area contributed by atoms with Crippen LogP contribution in [0.3, 0.4) is 0 Å². The van der Waals surface area contributed by atoms with Crippen molar-refractivity contribution in [3.8, 4) is 23.0 Å². The minimum absolute atomic E-state index is 0.103. The number of rotatable bonds is 8. The van der Waals surface area contributed by atoms with Crippen molar-refractivity contribution in [1.82, 2.24) is 4.72 Å². The van der Waals surface area contributed by atoms with E-state index >= 15 is 0 Å². The standard InChI is InChI=1S/C23H23NO6S/c1-27-22-13-18(7-9-20(22)30-16-17-5-3-2-4-6-17)15-24-31(25,26)19-8-10-21-23(14-19)29-12-11-28-21/h2-10,13-14,24H,11-12,15-16H2,1H3. The highest BCUT2D eigenvalue weighted by atomic mass is 32.2. The molecule has 1 N–H and O–H groups in total. The molecule has 0 fully saturated rings. The molecule has 0 aromatic heterocycles. The average molecular weight is 442 g/mol. The topological polar surface area (TPSA) is 83.1 Å². The van der Waals surface area contributed by atoms with Crippen molar-refractivity contribution in [3.63, 3.8) is 0 Å². The molecule has 0 radical (unpaired) electrons. The van der Waals surface area contributed by atoms with Crippen molar-refractivity contribution in [2.24, 2.45) is 0 Å². The summed E-state index contributed by atoms with van der Waals surface area (Å²) in [6, 6.07) is 19.7. The molecule has 1 aliphatic heterocycles. The number of methoxy groups -OCH3 is 1. The molecule has 0 atom stereocenters.